The minimum Gasteiger partial charge on any atom is -0.396 e. The molecule has 1 aliphatic rings. The molecule has 1 unspecified atom stereocenters. The summed E-state index contributed by atoms with van der Waals surface area (Å²) in [5.74, 6) is 0.575. The topological polar surface area (TPSA) is 23.5 Å². The van der Waals surface area contributed by atoms with E-state index in [1.54, 1.807) is 0 Å². The van der Waals surface area contributed by atoms with Gasteiger partial charge in [-0.05, 0) is 63.3 Å². The Bertz CT molecular complexity index is 431. The van der Waals surface area contributed by atoms with Gasteiger partial charge in [-0.3, -0.25) is 0 Å². The number of rotatable bonds is 3. The highest BCUT2D eigenvalue weighted by molar-refractivity contribution is 9.10. The van der Waals surface area contributed by atoms with E-state index in [9.17, 15) is 5.11 Å². The zero-order valence-electron chi connectivity index (χ0n) is 11.4. The Morgan fingerprint density at radius 2 is 2.17 bits per heavy atom. The predicted octanol–water partition coefficient (Wildman–Crippen LogP) is 3.74. The van der Waals surface area contributed by atoms with Crippen molar-refractivity contribution >= 4 is 21.6 Å². The molecule has 1 saturated heterocycles. The molecular weight excluding hydrogens is 290 g/mol. The quantitative estimate of drug-likeness (QED) is 0.919. The summed E-state index contributed by atoms with van der Waals surface area (Å²) < 4.78 is 1.13. The van der Waals surface area contributed by atoms with Crippen molar-refractivity contribution in [2.75, 3.05) is 18.1 Å². The molecule has 1 atom stereocenters. The van der Waals surface area contributed by atoms with Crippen LogP contribution in [-0.4, -0.2) is 23.8 Å². The second kappa shape index (κ2) is 5.22. The van der Waals surface area contributed by atoms with Crippen LogP contribution in [0.15, 0.2) is 22.7 Å². The van der Waals surface area contributed by atoms with Gasteiger partial charge in [-0.25, -0.2) is 0 Å². The maximum Gasteiger partial charge on any atom is 0.0434 e. The van der Waals surface area contributed by atoms with E-state index in [-0.39, 0.29) is 5.54 Å². The number of benzene rings is 1. The molecule has 1 heterocycles. The van der Waals surface area contributed by atoms with Crippen LogP contribution in [0.3, 0.4) is 0 Å². The number of aliphatic hydroxyl groups excluding tert-OH is 1. The molecule has 0 aromatic heterocycles. The molecule has 100 valence electrons. The summed E-state index contributed by atoms with van der Waals surface area (Å²) in [5.41, 5.74) is 2.76. The van der Waals surface area contributed by atoms with E-state index >= 15 is 0 Å². The van der Waals surface area contributed by atoms with Crippen molar-refractivity contribution in [3.63, 3.8) is 0 Å². The Kier molecular flexibility index (Phi) is 4.02. The average molecular weight is 312 g/mol. The molecule has 2 rings (SSSR count). The van der Waals surface area contributed by atoms with Gasteiger partial charge in [0.2, 0.25) is 0 Å². The molecule has 0 saturated carbocycles. The molecule has 0 amide bonds. The fourth-order valence-electron chi connectivity index (χ4n) is 3.15. The Morgan fingerprint density at radius 3 is 2.78 bits per heavy atom. The lowest BCUT2D eigenvalue weighted by Crippen LogP contribution is -2.43. The molecule has 1 aliphatic heterocycles. The van der Waals surface area contributed by atoms with Gasteiger partial charge < -0.3 is 10.0 Å². The number of nitrogens with zero attached hydrogens (tertiary/aromatic N) is 1. The van der Waals surface area contributed by atoms with E-state index in [2.05, 4.69) is 59.8 Å². The summed E-state index contributed by atoms with van der Waals surface area (Å²) in [6.07, 6.45) is 2.07. The lowest BCUT2D eigenvalue weighted by atomic mass is 9.86. The van der Waals surface area contributed by atoms with E-state index in [0.717, 1.165) is 17.4 Å². The van der Waals surface area contributed by atoms with Crippen LogP contribution >= 0.6 is 15.9 Å². The summed E-state index contributed by atoms with van der Waals surface area (Å²) in [7, 11) is 0. The van der Waals surface area contributed by atoms with Gasteiger partial charge >= 0.3 is 0 Å². The van der Waals surface area contributed by atoms with E-state index in [0.29, 0.717) is 12.5 Å². The average Bonchev–Trinajstić information content (AvgIpc) is 2.56. The summed E-state index contributed by atoms with van der Waals surface area (Å²) in [4.78, 5) is 2.50. The fraction of sp³-hybridized carbons (Fsp3) is 0.600. The molecule has 0 aliphatic carbocycles. The van der Waals surface area contributed by atoms with Crippen LogP contribution in [0.1, 0.15) is 32.3 Å². The highest BCUT2D eigenvalue weighted by atomic mass is 79.9. The summed E-state index contributed by atoms with van der Waals surface area (Å²) in [5, 5.41) is 9.18. The molecule has 18 heavy (non-hydrogen) atoms. The third-order valence-corrected chi connectivity index (χ3v) is 4.82. The second-order valence-corrected chi connectivity index (χ2v) is 6.65. The van der Waals surface area contributed by atoms with Crippen molar-refractivity contribution < 1.29 is 5.11 Å². The first kappa shape index (κ1) is 13.9. The Balaban J connectivity index is 2.29. The molecule has 1 aromatic carbocycles. The molecule has 0 radical (unpaired) electrons. The molecule has 0 bridgehead atoms. The molecule has 2 nitrogen and oxygen atoms in total. The first-order chi connectivity index (χ1) is 8.46. The van der Waals surface area contributed by atoms with Gasteiger partial charge in [-0.2, -0.15) is 0 Å². The van der Waals surface area contributed by atoms with Crippen molar-refractivity contribution in [2.45, 2.75) is 39.2 Å². The molecule has 3 heteroatoms. The largest absolute Gasteiger partial charge is 0.396 e. The number of aliphatic hydroxyl groups is 1. The molecular formula is C15H22BrNO. The standard InChI is InChI=1S/C15H22BrNO/c1-11-10-13(16)4-5-14(11)17-8-6-12(7-9-18)15(17,2)3/h4-5,10,12,18H,6-9H2,1-3H3. The van der Waals surface area contributed by atoms with Crippen LogP contribution in [0, 0.1) is 12.8 Å². The highest BCUT2D eigenvalue weighted by Gasteiger charge is 2.41. The monoisotopic (exact) mass is 311 g/mol. The summed E-state index contributed by atoms with van der Waals surface area (Å²) in [6.45, 7) is 8.13. The van der Waals surface area contributed by atoms with Crippen molar-refractivity contribution in [3.05, 3.63) is 28.2 Å². The predicted molar refractivity (Wildman–Crippen MR) is 80.1 cm³/mol. The van der Waals surface area contributed by atoms with E-state index in [1.807, 2.05) is 0 Å². The third-order valence-electron chi connectivity index (χ3n) is 4.32. The van der Waals surface area contributed by atoms with Crippen molar-refractivity contribution in [1.82, 2.24) is 0 Å². The van der Waals surface area contributed by atoms with Gasteiger partial charge in [0, 0.05) is 28.9 Å². The van der Waals surface area contributed by atoms with Crippen LogP contribution in [0.4, 0.5) is 5.69 Å². The zero-order valence-corrected chi connectivity index (χ0v) is 13.0. The number of hydrogen-bond acceptors (Lipinski definition) is 2. The maximum absolute atomic E-state index is 9.18. The molecule has 1 aromatic rings. The minimum atomic E-state index is 0.126. The smallest absolute Gasteiger partial charge is 0.0434 e. The first-order valence-electron chi connectivity index (χ1n) is 6.61. The van der Waals surface area contributed by atoms with Crippen LogP contribution in [0.25, 0.3) is 0 Å². The number of aryl methyl sites for hydroxylation is 1. The fourth-order valence-corrected chi connectivity index (χ4v) is 3.63. The van der Waals surface area contributed by atoms with E-state index in [4.69, 9.17) is 0 Å². The Labute approximate surface area is 118 Å². The maximum atomic E-state index is 9.18. The number of halogens is 1. The van der Waals surface area contributed by atoms with Crippen LogP contribution in [0.2, 0.25) is 0 Å². The Hall–Kier alpha value is -0.540. The molecule has 1 fully saturated rings. The lowest BCUT2D eigenvalue weighted by molar-refractivity contribution is 0.229. The van der Waals surface area contributed by atoms with E-state index < -0.39 is 0 Å². The van der Waals surface area contributed by atoms with Crippen molar-refractivity contribution in [2.24, 2.45) is 5.92 Å². The molecule has 1 N–H and O–H groups in total. The highest BCUT2D eigenvalue weighted by Crippen LogP contribution is 2.41. The minimum absolute atomic E-state index is 0.126. The van der Waals surface area contributed by atoms with Gasteiger partial charge in [0.05, 0.1) is 0 Å². The summed E-state index contributed by atoms with van der Waals surface area (Å²) in [6, 6.07) is 6.48. The van der Waals surface area contributed by atoms with Crippen LogP contribution < -0.4 is 4.90 Å². The van der Waals surface area contributed by atoms with Crippen molar-refractivity contribution in [3.8, 4) is 0 Å². The Morgan fingerprint density at radius 1 is 1.44 bits per heavy atom. The van der Waals surface area contributed by atoms with Crippen LogP contribution in [0.5, 0.6) is 0 Å². The zero-order chi connectivity index (χ0) is 13.3. The number of anilines is 1. The van der Waals surface area contributed by atoms with Gasteiger partial charge in [0.15, 0.2) is 0 Å². The van der Waals surface area contributed by atoms with Crippen LogP contribution in [-0.2, 0) is 0 Å². The number of hydrogen-bond donors (Lipinski definition) is 1. The lowest BCUT2D eigenvalue weighted by Gasteiger charge is -2.38. The normalized spacial score (nSPS) is 22.5. The second-order valence-electron chi connectivity index (χ2n) is 5.73. The SMILES string of the molecule is Cc1cc(Br)ccc1N1CCC(CCO)C1(C)C. The van der Waals surface area contributed by atoms with E-state index in [1.165, 1.54) is 17.7 Å². The first-order valence-corrected chi connectivity index (χ1v) is 7.40. The molecule has 0 spiro atoms. The van der Waals surface area contributed by atoms with Crippen molar-refractivity contribution in [1.29, 1.82) is 0 Å². The van der Waals surface area contributed by atoms with Gasteiger partial charge in [0.25, 0.3) is 0 Å². The van der Waals surface area contributed by atoms with Gasteiger partial charge in [-0.1, -0.05) is 15.9 Å². The third kappa shape index (κ3) is 2.43. The summed E-state index contributed by atoms with van der Waals surface area (Å²) >= 11 is 3.52. The van der Waals surface area contributed by atoms with Gasteiger partial charge in [0.1, 0.15) is 0 Å². The van der Waals surface area contributed by atoms with Gasteiger partial charge in [-0.15, -0.1) is 0 Å².